The third-order valence-electron chi connectivity index (χ3n) is 14.6. The van der Waals surface area contributed by atoms with Crippen LogP contribution >= 0.6 is 15.6 Å². The standard InChI is InChI=1S/C75H128O16P2/c1-4-7-10-13-16-19-22-25-27-28-29-30-31-32-33-34-35-36-37-38-39-40-42-45-46-49-52-55-58-61-73(78)85-64-70(76)65-87-92(81,82)88-66-71(77)67-89-93(83,84)90-69-72(91-75(80)63-60-57-54-51-48-43-24-21-18-15-12-9-6-3)68-86-74(79)62-59-56-53-50-47-44-41-26-23-20-17-14-11-8-5-2/h7-8,10-12,15-17,19-21,24-27,29-30,32-33,41,70-72,76-77H,4-6,9,13-14,18,22-23,28,31,34-40,42-69H2,1-3H3,(H,81,82)(H,83,84)/b10-7-,11-8-,15-12-,19-16-,20-17-,24-21-,27-25-,30-29-,33-32-,41-26-. The summed E-state index contributed by atoms with van der Waals surface area (Å²) in [4.78, 5) is 58.4. The Bertz CT molecular complexity index is 2180. The van der Waals surface area contributed by atoms with Gasteiger partial charge in [0.25, 0.3) is 0 Å². The van der Waals surface area contributed by atoms with Gasteiger partial charge in [0.1, 0.15) is 25.4 Å². The summed E-state index contributed by atoms with van der Waals surface area (Å²) in [5, 5.41) is 20.6. The highest BCUT2D eigenvalue weighted by molar-refractivity contribution is 7.47. The lowest BCUT2D eigenvalue weighted by molar-refractivity contribution is -0.161. The molecule has 0 aliphatic heterocycles. The van der Waals surface area contributed by atoms with E-state index in [-0.39, 0.29) is 19.3 Å². The van der Waals surface area contributed by atoms with Crippen LogP contribution in [0.4, 0.5) is 0 Å². The van der Waals surface area contributed by atoms with Gasteiger partial charge in [0, 0.05) is 19.3 Å². The summed E-state index contributed by atoms with van der Waals surface area (Å²) >= 11 is 0. The summed E-state index contributed by atoms with van der Waals surface area (Å²) in [5.74, 6) is -1.61. The van der Waals surface area contributed by atoms with E-state index in [0.717, 1.165) is 161 Å². The molecule has 0 rings (SSSR count). The maximum Gasteiger partial charge on any atom is 0.472 e. The third kappa shape index (κ3) is 69.1. The molecule has 0 aromatic rings. The Hall–Kier alpha value is -4.05. The fourth-order valence-electron chi connectivity index (χ4n) is 9.24. The van der Waals surface area contributed by atoms with Crippen molar-refractivity contribution in [3.05, 3.63) is 122 Å². The van der Waals surface area contributed by atoms with Crippen LogP contribution in [0.3, 0.4) is 0 Å². The van der Waals surface area contributed by atoms with Crippen LogP contribution in [-0.4, -0.2) is 95.9 Å². The molecule has 0 radical (unpaired) electrons. The second-order valence-corrected chi connectivity index (χ2v) is 26.5. The highest BCUT2D eigenvalue weighted by Crippen LogP contribution is 2.45. The number of aliphatic hydroxyl groups excluding tert-OH is 2. The number of allylic oxidation sites excluding steroid dienone is 20. The van der Waals surface area contributed by atoms with Gasteiger partial charge < -0.3 is 34.2 Å². The number of ether oxygens (including phenoxy) is 3. The third-order valence-corrected chi connectivity index (χ3v) is 16.5. The first kappa shape index (κ1) is 89.0. The Morgan fingerprint density at radius 2 is 0.570 bits per heavy atom. The zero-order valence-corrected chi connectivity index (χ0v) is 59.7. The molecule has 0 aromatic carbocycles. The Balaban J connectivity index is 4.46. The zero-order valence-electron chi connectivity index (χ0n) is 57.9. The smallest absolute Gasteiger partial charge is 0.463 e. The Morgan fingerprint density at radius 1 is 0.312 bits per heavy atom. The summed E-state index contributed by atoms with van der Waals surface area (Å²) in [7, 11) is -9.79. The first-order valence-corrected chi connectivity index (χ1v) is 38.8. The molecule has 0 amide bonds. The number of carbonyl (C=O) groups excluding carboxylic acids is 3. The van der Waals surface area contributed by atoms with Crippen LogP contribution in [0.25, 0.3) is 0 Å². The molecule has 0 saturated heterocycles. The highest BCUT2D eigenvalue weighted by atomic mass is 31.2. The molecular formula is C75H128O16P2. The predicted molar refractivity (Wildman–Crippen MR) is 380 cm³/mol. The van der Waals surface area contributed by atoms with Gasteiger partial charge in [-0.25, -0.2) is 9.13 Å². The topological polar surface area (TPSA) is 231 Å². The number of aliphatic hydroxyl groups is 2. The average Bonchev–Trinajstić information content (AvgIpc) is 2.91. The predicted octanol–water partition coefficient (Wildman–Crippen LogP) is 20.2. The van der Waals surface area contributed by atoms with Crippen LogP contribution in [0.1, 0.15) is 278 Å². The number of carbonyl (C=O) groups is 3. The summed E-state index contributed by atoms with van der Waals surface area (Å²) in [6.07, 6.45) is 78.4. The summed E-state index contributed by atoms with van der Waals surface area (Å²) in [6, 6.07) is 0. The van der Waals surface area contributed by atoms with Crippen LogP contribution in [0.2, 0.25) is 0 Å². The second-order valence-electron chi connectivity index (χ2n) is 23.6. The van der Waals surface area contributed by atoms with E-state index in [2.05, 4.69) is 142 Å². The van der Waals surface area contributed by atoms with Crippen molar-refractivity contribution in [1.29, 1.82) is 0 Å². The molecule has 0 aromatic heterocycles. The number of esters is 3. The van der Waals surface area contributed by atoms with Crippen molar-refractivity contribution in [3.63, 3.8) is 0 Å². The molecule has 0 aliphatic rings. The molecule has 0 bridgehead atoms. The number of hydrogen-bond donors (Lipinski definition) is 4. The van der Waals surface area contributed by atoms with E-state index in [9.17, 15) is 43.5 Å². The van der Waals surface area contributed by atoms with Crippen molar-refractivity contribution < 1.29 is 75.8 Å². The van der Waals surface area contributed by atoms with Gasteiger partial charge in [0.2, 0.25) is 0 Å². The number of phosphoric ester groups is 2. The number of hydrogen-bond acceptors (Lipinski definition) is 14. The van der Waals surface area contributed by atoms with Gasteiger partial charge >= 0.3 is 33.6 Å². The second kappa shape index (κ2) is 67.9. The fraction of sp³-hybridized carbons (Fsp3) is 0.693. The van der Waals surface area contributed by atoms with E-state index in [1.165, 1.54) is 57.8 Å². The minimum atomic E-state index is -4.93. The van der Waals surface area contributed by atoms with Crippen molar-refractivity contribution >= 4 is 33.6 Å². The van der Waals surface area contributed by atoms with Crippen molar-refractivity contribution in [2.45, 2.75) is 296 Å². The van der Waals surface area contributed by atoms with Crippen molar-refractivity contribution in [1.82, 2.24) is 0 Å². The minimum absolute atomic E-state index is 0.0827. The summed E-state index contributed by atoms with van der Waals surface area (Å²) < 4.78 is 60.9. The Kier molecular flexibility index (Phi) is 65.0. The van der Waals surface area contributed by atoms with Crippen LogP contribution < -0.4 is 0 Å². The average molecular weight is 1350 g/mol. The van der Waals surface area contributed by atoms with Crippen molar-refractivity contribution in [2.75, 3.05) is 39.6 Å². The molecule has 16 nitrogen and oxygen atoms in total. The lowest BCUT2D eigenvalue weighted by Gasteiger charge is -2.21. The number of unbranched alkanes of at least 4 members (excludes halogenated alkanes) is 24. The molecule has 534 valence electrons. The summed E-state index contributed by atoms with van der Waals surface area (Å²) in [6.45, 7) is 2.34. The maximum absolute atomic E-state index is 12.9. The molecule has 0 aliphatic carbocycles. The first-order valence-electron chi connectivity index (χ1n) is 35.8. The summed E-state index contributed by atoms with van der Waals surface area (Å²) in [5.41, 5.74) is 0. The molecule has 18 heteroatoms. The van der Waals surface area contributed by atoms with Gasteiger partial charge in [-0.1, -0.05) is 258 Å². The first-order chi connectivity index (χ1) is 45.2. The van der Waals surface area contributed by atoms with E-state index >= 15 is 0 Å². The largest absolute Gasteiger partial charge is 0.472 e. The van der Waals surface area contributed by atoms with Gasteiger partial charge in [-0.2, -0.15) is 0 Å². The Morgan fingerprint density at radius 3 is 0.903 bits per heavy atom. The number of phosphoric acid groups is 2. The van der Waals surface area contributed by atoms with Crippen LogP contribution in [0, 0.1) is 0 Å². The van der Waals surface area contributed by atoms with Gasteiger partial charge in [-0.15, -0.1) is 0 Å². The molecule has 0 fully saturated rings. The monoisotopic (exact) mass is 1350 g/mol. The van der Waals surface area contributed by atoms with E-state index in [0.29, 0.717) is 19.3 Å². The van der Waals surface area contributed by atoms with E-state index in [1.54, 1.807) is 0 Å². The quantitative estimate of drug-likeness (QED) is 0.0146. The van der Waals surface area contributed by atoms with Crippen LogP contribution in [0.5, 0.6) is 0 Å². The maximum atomic E-state index is 12.9. The van der Waals surface area contributed by atoms with Gasteiger partial charge in [0.05, 0.1) is 26.4 Å². The zero-order chi connectivity index (χ0) is 68.1. The normalized spacial score (nSPS) is 14.9. The van der Waals surface area contributed by atoms with Crippen molar-refractivity contribution in [2.24, 2.45) is 0 Å². The lowest BCUT2D eigenvalue weighted by Crippen LogP contribution is -2.30. The lowest BCUT2D eigenvalue weighted by atomic mass is 10.0. The highest BCUT2D eigenvalue weighted by Gasteiger charge is 2.29. The molecular weight excluding hydrogens is 1220 g/mol. The van der Waals surface area contributed by atoms with Crippen LogP contribution in [-0.2, 0) is 55.8 Å². The molecule has 0 spiro atoms. The van der Waals surface area contributed by atoms with E-state index in [4.69, 9.17) is 32.3 Å². The molecule has 5 atom stereocenters. The number of rotatable bonds is 67. The minimum Gasteiger partial charge on any atom is -0.463 e. The van der Waals surface area contributed by atoms with Gasteiger partial charge in [-0.05, 0) is 122 Å². The van der Waals surface area contributed by atoms with Gasteiger partial charge in [-0.3, -0.25) is 32.5 Å². The van der Waals surface area contributed by atoms with Gasteiger partial charge in [0.15, 0.2) is 6.10 Å². The molecule has 0 saturated carbocycles. The molecule has 0 heterocycles. The SMILES string of the molecule is CC/C=C\C/C=C\C/C=C\C/C=C\C/C=C\CCCCCCCCCCCCCCCC(=O)OCC(O)COP(=O)(O)OCC(O)COP(=O)(O)OCC(COC(=O)CCCCCCC/C=C\C/C=C\C/C=C\CC)OC(=O)CCCCCCC/C=C\C/C=C\CCC. The molecule has 93 heavy (non-hydrogen) atoms. The van der Waals surface area contributed by atoms with Crippen molar-refractivity contribution in [3.8, 4) is 0 Å². The van der Waals surface area contributed by atoms with Crippen LogP contribution in [0.15, 0.2) is 122 Å². The molecule has 4 N–H and O–H groups in total. The van der Waals surface area contributed by atoms with E-state index in [1.807, 2.05) is 0 Å². The molecule has 5 unspecified atom stereocenters. The Labute approximate surface area is 563 Å². The fourth-order valence-corrected chi connectivity index (χ4v) is 10.8. The van der Waals surface area contributed by atoms with E-state index < -0.39 is 91.5 Å².